The van der Waals surface area contributed by atoms with Crippen molar-refractivity contribution in [3.63, 3.8) is 0 Å². The van der Waals surface area contributed by atoms with Crippen LogP contribution in [0.2, 0.25) is 0 Å². The van der Waals surface area contributed by atoms with Crippen LogP contribution in [0, 0.1) is 13.8 Å². The number of nitrogens with zero attached hydrogens (tertiary/aromatic N) is 2. The third-order valence-corrected chi connectivity index (χ3v) is 10.2. The van der Waals surface area contributed by atoms with Gasteiger partial charge in [-0.2, -0.15) is 0 Å². The molecule has 0 spiro atoms. The molecule has 0 heterocycles. The first-order valence-corrected chi connectivity index (χ1v) is 19.1. The van der Waals surface area contributed by atoms with Crippen LogP contribution in [-0.2, 0) is 12.8 Å². The quantitative estimate of drug-likeness (QED) is 0.117. The highest BCUT2D eigenvalue weighted by molar-refractivity contribution is 5.82. The lowest BCUT2D eigenvalue weighted by atomic mass is 10.0. The lowest BCUT2D eigenvalue weighted by Gasteiger charge is -2.26. The Balaban J connectivity index is 1.10. The monoisotopic (exact) mass is 700 g/mol. The zero-order chi connectivity index (χ0) is 37.3. The Kier molecular flexibility index (Phi) is 11.3. The van der Waals surface area contributed by atoms with Gasteiger partial charge in [0.05, 0.1) is 0 Å². The third-order valence-electron chi connectivity index (χ3n) is 10.2. The normalized spacial score (nSPS) is 11.3. The fraction of sp³-hybridized carbons (Fsp3) is 0.115. The Morgan fingerprint density at radius 2 is 0.685 bits per heavy atom. The van der Waals surface area contributed by atoms with E-state index in [0.717, 1.165) is 46.7 Å². The van der Waals surface area contributed by atoms with Crippen molar-refractivity contribution in [1.29, 1.82) is 0 Å². The van der Waals surface area contributed by atoms with E-state index < -0.39 is 0 Å². The van der Waals surface area contributed by atoms with Gasteiger partial charge in [-0.25, -0.2) is 0 Å². The van der Waals surface area contributed by atoms with E-state index in [4.69, 9.17) is 0 Å². The highest BCUT2D eigenvalue weighted by Crippen LogP contribution is 2.37. The number of anilines is 6. The maximum absolute atomic E-state index is 2.34. The van der Waals surface area contributed by atoms with Gasteiger partial charge in [0.25, 0.3) is 0 Å². The van der Waals surface area contributed by atoms with Crippen LogP contribution in [0.15, 0.2) is 170 Å². The lowest BCUT2D eigenvalue weighted by molar-refractivity contribution is 1.10. The molecule has 0 amide bonds. The fourth-order valence-corrected chi connectivity index (χ4v) is 7.06. The first kappa shape index (κ1) is 36.0. The molecule has 0 bridgehead atoms. The van der Waals surface area contributed by atoms with Gasteiger partial charge >= 0.3 is 0 Å². The van der Waals surface area contributed by atoms with E-state index in [1.54, 1.807) is 0 Å². The SMILES string of the molecule is CCc1cc(N(c2ccccc2)c2ccc(/C=C/c3ccccc3/C=C/c3ccc(N(c4ccccc4)c4ccc(C)c(CC)c4)cc3)cc2)ccc1C. The van der Waals surface area contributed by atoms with Crippen molar-refractivity contribution in [1.82, 2.24) is 0 Å². The summed E-state index contributed by atoms with van der Waals surface area (Å²) in [5.41, 5.74) is 17.0. The summed E-state index contributed by atoms with van der Waals surface area (Å²) in [4.78, 5) is 4.67. The standard InChI is InChI=1S/C52H48N2/c1-5-43-37-51(31-21-39(43)3)53(47-17-9-7-10-18-47)49-33-25-41(26-34-49)23-29-45-15-13-14-16-46(45)30-24-42-27-35-50(36-28-42)54(48-19-11-8-12-20-48)52-32-22-40(4)44(6-2)38-52/h7-38H,5-6H2,1-4H3/b29-23+,30-24+. The molecular weight excluding hydrogens is 653 g/mol. The maximum Gasteiger partial charge on any atom is 0.0464 e. The summed E-state index contributed by atoms with van der Waals surface area (Å²) in [6, 6.07) is 61.0. The van der Waals surface area contributed by atoms with Crippen LogP contribution in [0.25, 0.3) is 24.3 Å². The highest BCUT2D eigenvalue weighted by Gasteiger charge is 2.15. The summed E-state index contributed by atoms with van der Waals surface area (Å²) in [6.07, 6.45) is 10.8. The van der Waals surface area contributed by atoms with Crippen LogP contribution in [0.3, 0.4) is 0 Å². The molecule has 0 radical (unpaired) electrons. The summed E-state index contributed by atoms with van der Waals surface area (Å²) in [5, 5.41) is 0. The topological polar surface area (TPSA) is 6.48 Å². The summed E-state index contributed by atoms with van der Waals surface area (Å²) in [7, 11) is 0. The Morgan fingerprint density at radius 3 is 1.06 bits per heavy atom. The molecule has 0 aliphatic rings. The summed E-state index contributed by atoms with van der Waals surface area (Å²) in [6.45, 7) is 8.83. The van der Waals surface area contributed by atoms with Crippen molar-refractivity contribution < 1.29 is 0 Å². The molecule has 0 unspecified atom stereocenters. The molecule has 0 aromatic heterocycles. The largest absolute Gasteiger partial charge is 0.310 e. The van der Waals surface area contributed by atoms with Gasteiger partial charge in [-0.15, -0.1) is 0 Å². The first-order valence-electron chi connectivity index (χ1n) is 19.1. The molecule has 7 rings (SSSR count). The second-order valence-electron chi connectivity index (χ2n) is 13.7. The van der Waals surface area contributed by atoms with Crippen LogP contribution in [0.1, 0.15) is 58.4 Å². The molecule has 54 heavy (non-hydrogen) atoms. The molecule has 0 atom stereocenters. The number of para-hydroxylation sites is 2. The van der Waals surface area contributed by atoms with Crippen molar-refractivity contribution in [2.24, 2.45) is 0 Å². The first-order chi connectivity index (χ1) is 26.5. The highest BCUT2D eigenvalue weighted by atomic mass is 15.1. The minimum absolute atomic E-state index is 1.01. The van der Waals surface area contributed by atoms with Gasteiger partial charge in [-0.3, -0.25) is 0 Å². The van der Waals surface area contributed by atoms with Crippen LogP contribution < -0.4 is 9.80 Å². The predicted octanol–water partition coefficient (Wildman–Crippen LogP) is 14.7. The van der Waals surface area contributed by atoms with E-state index in [0.29, 0.717) is 0 Å². The van der Waals surface area contributed by atoms with Crippen LogP contribution in [-0.4, -0.2) is 0 Å². The second kappa shape index (κ2) is 17.0. The molecular formula is C52H48N2. The predicted molar refractivity (Wildman–Crippen MR) is 235 cm³/mol. The summed E-state index contributed by atoms with van der Waals surface area (Å²) in [5.74, 6) is 0. The van der Waals surface area contributed by atoms with E-state index in [-0.39, 0.29) is 0 Å². The van der Waals surface area contributed by atoms with Crippen LogP contribution in [0.5, 0.6) is 0 Å². The van der Waals surface area contributed by atoms with Gasteiger partial charge < -0.3 is 9.80 Å². The lowest BCUT2D eigenvalue weighted by Crippen LogP contribution is -2.10. The van der Waals surface area contributed by atoms with E-state index in [1.807, 2.05) is 0 Å². The van der Waals surface area contributed by atoms with Crippen molar-refractivity contribution in [3.05, 3.63) is 214 Å². The van der Waals surface area contributed by atoms with E-state index in [1.165, 1.54) is 44.8 Å². The molecule has 0 aliphatic heterocycles. The Labute approximate surface area is 322 Å². The number of benzene rings is 7. The second-order valence-corrected chi connectivity index (χ2v) is 13.7. The number of rotatable bonds is 12. The summed E-state index contributed by atoms with van der Waals surface area (Å²) < 4.78 is 0. The van der Waals surface area contributed by atoms with Gasteiger partial charge in [-0.1, -0.05) is 135 Å². The minimum atomic E-state index is 1.01. The van der Waals surface area contributed by atoms with Crippen molar-refractivity contribution in [2.45, 2.75) is 40.5 Å². The molecule has 0 saturated heterocycles. The molecule has 266 valence electrons. The van der Waals surface area contributed by atoms with Gasteiger partial charge in [0.15, 0.2) is 0 Å². The molecule has 0 saturated carbocycles. The Morgan fingerprint density at radius 1 is 0.352 bits per heavy atom. The molecule has 2 heteroatoms. The van der Waals surface area contributed by atoms with Gasteiger partial charge in [0.2, 0.25) is 0 Å². The van der Waals surface area contributed by atoms with Crippen molar-refractivity contribution in [3.8, 4) is 0 Å². The van der Waals surface area contributed by atoms with Gasteiger partial charge in [0, 0.05) is 34.1 Å². The molecule has 0 N–H and O–H groups in total. The van der Waals surface area contributed by atoms with Crippen LogP contribution in [0.4, 0.5) is 34.1 Å². The molecule has 2 nitrogen and oxygen atoms in total. The van der Waals surface area contributed by atoms with Crippen molar-refractivity contribution >= 4 is 58.4 Å². The minimum Gasteiger partial charge on any atom is -0.310 e. The summed E-state index contributed by atoms with van der Waals surface area (Å²) >= 11 is 0. The molecule has 7 aromatic rings. The Hall–Kier alpha value is -6.38. The van der Waals surface area contributed by atoms with Gasteiger partial charge in [-0.05, 0) is 144 Å². The average molecular weight is 701 g/mol. The van der Waals surface area contributed by atoms with Crippen LogP contribution >= 0.6 is 0 Å². The van der Waals surface area contributed by atoms with E-state index >= 15 is 0 Å². The smallest absolute Gasteiger partial charge is 0.0464 e. The zero-order valence-electron chi connectivity index (χ0n) is 31.8. The maximum atomic E-state index is 2.34. The number of hydrogen-bond acceptors (Lipinski definition) is 2. The molecule has 7 aromatic carbocycles. The van der Waals surface area contributed by atoms with E-state index in [9.17, 15) is 0 Å². The molecule has 0 fully saturated rings. The average Bonchev–Trinajstić information content (AvgIpc) is 3.22. The number of hydrogen-bond donors (Lipinski definition) is 0. The molecule has 0 aliphatic carbocycles. The van der Waals surface area contributed by atoms with Gasteiger partial charge in [0.1, 0.15) is 0 Å². The third kappa shape index (κ3) is 8.30. The Bertz CT molecular complexity index is 2180. The van der Waals surface area contributed by atoms with E-state index in [2.05, 4.69) is 232 Å². The zero-order valence-corrected chi connectivity index (χ0v) is 31.8. The van der Waals surface area contributed by atoms with Crippen molar-refractivity contribution in [2.75, 3.05) is 9.80 Å². The fourth-order valence-electron chi connectivity index (χ4n) is 7.06. The number of aryl methyl sites for hydroxylation is 4.